The Balaban J connectivity index is 2.82. The molecule has 4 heteroatoms. The highest BCUT2D eigenvalue weighted by molar-refractivity contribution is 6.24. The van der Waals surface area contributed by atoms with Crippen molar-refractivity contribution in [3.63, 3.8) is 0 Å². The van der Waals surface area contributed by atoms with E-state index in [4.69, 9.17) is 23.2 Å². The summed E-state index contributed by atoms with van der Waals surface area (Å²) in [5.74, 6) is -0.519. The molecule has 0 heterocycles. The maximum absolute atomic E-state index is 12.8. The minimum atomic E-state index is -2.07. The molecule has 0 aromatic carbocycles. The first-order valence-electron chi connectivity index (χ1n) is 3.06. The summed E-state index contributed by atoms with van der Waals surface area (Å²) in [6.07, 6.45) is 1.96. The Morgan fingerprint density at radius 3 is 2.73 bits per heavy atom. The minimum Gasteiger partial charge on any atom is -0.221 e. The molecule has 1 aliphatic carbocycles. The zero-order valence-electron chi connectivity index (χ0n) is 5.58. The average molecular weight is 199 g/mol. The van der Waals surface area contributed by atoms with Crippen LogP contribution in [0.5, 0.6) is 0 Å². The Kier molecular flexibility index (Phi) is 2.55. The van der Waals surface area contributed by atoms with Crippen molar-refractivity contribution in [2.75, 3.05) is 5.88 Å². The lowest BCUT2D eigenvalue weighted by molar-refractivity contribution is 0.318. The molecule has 0 saturated heterocycles. The van der Waals surface area contributed by atoms with Gasteiger partial charge in [0.15, 0.2) is 0 Å². The number of rotatable bonds is 1. The maximum atomic E-state index is 12.8. The van der Waals surface area contributed by atoms with Crippen molar-refractivity contribution in [2.24, 2.45) is 0 Å². The predicted molar refractivity (Wildman–Crippen MR) is 42.3 cm³/mol. The molecule has 0 radical (unpaired) electrons. The SMILES string of the molecule is FC1=C(CCl)C=CC(F)(Cl)C1. The van der Waals surface area contributed by atoms with Crippen LogP contribution >= 0.6 is 23.2 Å². The summed E-state index contributed by atoms with van der Waals surface area (Å²) in [5.41, 5.74) is 0.306. The Morgan fingerprint density at radius 2 is 2.27 bits per heavy atom. The molecule has 0 fully saturated rings. The molecule has 62 valence electrons. The molecule has 0 saturated carbocycles. The first-order chi connectivity index (χ1) is 5.05. The highest BCUT2D eigenvalue weighted by Crippen LogP contribution is 2.34. The zero-order valence-corrected chi connectivity index (χ0v) is 7.09. The fraction of sp³-hybridized carbons (Fsp3) is 0.429. The van der Waals surface area contributed by atoms with E-state index in [9.17, 15) is 8.78 Å². The lowest BCUT2D eigenvalue weighted by atomic mass is 10.1. The number of hydrogen-bond acceptors (Lipinski definition) is 0. The van der Waals surface area contributed by atoms with Crippen molar-refractivity contribution in [1.82, 2.24) is 0 Å². The first-order valence-corrected chi connectivity index (χ1v) is 3.97. The third kappa shape index (κ3) is 2.17. The number of hydrogen-bond donors (Lipinski definition) is 0. The van der Waals surface area contributed by atoms with E-state index in [1.54, 1.807) is 0 Å². The van der Waals surface area contributed by atoms with Crippen LogP contribution in [0.2, 0.25) is 0 Å². The number of halogens is 4. The van der Waals surface area contributed by atoms with Gasteiger partial charge in [-0.25, -0.2) is 8.78 Å². The van der Waals surface area contributed by atoms with Crippen molar-refractivity contribution >= 4 is 23.2 Å². The zero-order chi connectivity index (χ0) is 8.48. The smallest absolute Gasteiger partial charge is 0.208 e. The first kappa shape index (κ1) is 9.01. The summed E-state index contributed by atoms with van der Waals surface area (Å²) >= 11 is 10.6. The maximum Gasteiger partial charge on any atom is 0.208 e. The lowest BCUT2D eigenvalue weighted by Gasteiger charge is -2.17. The summed E-state index contributed by atoms with van der Waals surface area (Å²) in [4.78, 5) is 0. The van der Waals surface area contributed by atoms with Gasteiger partial charge in [0.1, 0.15) is 5.83 Å². The molecule has 0 N–H and O–H groups in total. The van der Waals surface area contributed by atoms with Gasteiger partial charge in [0.05, 0.1) is 6.42 Å². The van der Waals surface area contributed by atoms with Gasteiger partial charge in [-0.2, -0.15) is 0 Å². The second-order valence-electron chi connectivity index (χ2n) is 2.33. The Labute approximate surface area is 73.5 Å². The molecular weight excluding hydrogens is 193 g/mol. The summed E-state index contributed by atoms with van der Waals surface area (Å²) in [7, 11) is 0. The van der Waals surface area contributed by atoms with E-state index in [0.29, 0.717) is 5.57 Å². The van der Waals surface area contributed by atoms with Crippen molar-refractivity contribution in [3.8, 4) is 0 Å². The molecule has 0 aromatic heterocycles. The standard InChI is InChI=1S/C7H6Cl2F2/c8-4-5-1-2-7(9,11)3-6(5)10/h1-2H,3-4H2. The predicted octanol–water partition coefficient (Wildman–Crippen LogP) is 3.31. The van der Waals surface area contributed by atoms with Crippen LogP contribution in [0.1, 0.15) is 6.42 Å². The normalized spacial score (nSPS) is 31.3. The quantitative estimate of drug-likeness (QED) is 0.568. The molecule has 1 atom stereocenters. The van der Waals surface area contributed by atoms with E-state index in [2.05, 4.69) is 0 Å². The second-order valence-corrected chi connectivity index (χ2v) is 3.23. The third-order valence-corrected chi connectivity index (χ3v) is 1.96. The van der Waals surface area contributed by atoms with Crippen LogP contribution in [-0.2, 0) is 0 Å². The van der Waals surface area contributed by atoms with E-state index < -0.39 is 17.4 Å². The van der Waals surface area contributed by atoms with Crippen LogP contribution in [0.15, 0.2) is 23.6 Å². The highest BCUT2D eigenvalue weighted by Gasteiger charge is 2.28. The van der Waals surface area contributed by atoms with E-state index in [1.165, 1.54) is 6.08 Å². The van der Waals surface area contributed by atoms with Gasteiger partial charge in [-0.1, -0.05) is 17.7 Å². The molecule has 0 bridgehead atoms. The summed E-state index contributed by atoms with van der Waals surface area (Å²) in [6, 6.07) is 0. The van der Waals surface area contributed by atoms with Gasteiger partial charge in [0.25, 0.3) is 0 Å². The average Bonchev–Trinajstić information content (AvgIpc) is 1.86. The van der Waals surface area contributed by atoms with Crippen LogP contribution in [0.25, 0.3) is 0 Å². The Bertz CT molecular complexity index is 218. The van der Waals surface area contributed by atoms with Gasteiger partial charge in [-0.05, 0) is 11.6 Å². The van der Waals surface area contributed by atoms with Crippen LogP contribution < -0.4 is 0 Å². The van der Waals surface area contributed by atoms with Gasteiger partial charge in [-0.3, -0.25) is 0 Å². The van der Waals surface area contributed by atoms with Crippen molar-refractivity contribution < 1.29 is 8.78 Å². The Morgan fingerprint density at radius 1 is 1.64 bits per heavy atom. The molecule has 11 heavy (non-hydrogen) atoms. The fourth-order valence-corrected chi connectivity index (χ4v) is 1.22. The number of allylic oxidation sites excluding steroid dienone is 4. The van der Waals surface area contributed by atoms with E-state index in [-0.39, 0.29) is 5.88 Å². The van der Waals surface area contributed by atoms with Crippen molar-refractivity contribution in [1.29, 1.82) is 0 Å². The van der Waals surface area contributed by atoms with E-state index in [0.717, 1.165) is 6.08 Å². The lowest BCUT2D eigenvalue weighted by Crippen LogP contribution is -2.14. The Hall–Kier alpha value is -0.0800. The van der Waals surface area contributed by atoms with Crippen LogP contribution in [0, 0.1) is 0 Å². The van der Waals surface area contributed by atoms with Gasteiger partial charge in [0.2, 0.25) is 5.13 Å². The summed E-state index contributed by atoms with van der Waals surface area (Å²) < 4.78 is 25.6. The van der Waals surface area contributed by atoms with E-state index in [1.807, 2.05) is 0 Å². The van der Waals surface area contributed by atoms with Crippen LogP contribution in [0.4, 0.5) is 8.78 Å². The highest BCUT2D eigenvalue weighted by atomic mass is 35.5. The number of alkyl halides is 3. The molecule has 1 aliphatic rings. The van der Waals surface area contributed by atoms with Gasteiger partial charge < -0.3 is 0 Å². The topological polar surface area (TPSA) is 0 Å². The molecule has 1 rings (SSSR count). The molecule has 0 aliphatic heterocycles. The van der Waals surface area contributed by atoms with E-state index >= 15 is 0 Å². The molecule has 0 spiro atoms. The van der Waals surface area contributed by atoms with Gasteiger partial charge in [-0.15, -0.1) is 11.6 Å². The summed E-state index contributed by atoms with van der Waals surface area (Å²) in [5, 5.41) is -2.07. The monoisotopic (exact) mass is 198 g/mol. The molecule has 1 unspecified atom stereocenters. The largest absolute Gasteiger partial charge is 0.221 e. The third-order valence-electron chi connectivity index (χ3n) is 1.41. The van der Waals surface area contributed by atoms with Crippen molar-refractivity contribution in [2.45, 2.75) is 11.5 Å². The van der Waals surface area contributed by atoms with Crippen LogP contribution in [0.3, 0.4) is 0 Å². The van der Waals surface area contributed by atoms with Crippen molar-refractivity contribution in [3.05, 3.63) is 23.6 Å². The summed E-state index contributed by atoms with van der Waals surface area (Å²) in [6.45, 7) is 0. The second kappa shape index (κ2) is 3.11. The fourth-order valence-electron chi connectivity index (χ4n) is 0.809. The van der Waals surface area contributed by atoms with Gasteiger partial charge in [0, 0.05) is 5.88 Å². The van der Waals surface area contributed by atoms with Crippen LogP contribution in [-0.4, -0.2) is 11.0 Å². The molecule has 0 nitrogen and oxygen atoms in total. The molecule has 0 aromatic rings. The van der Waals surface area contributed by atoms with Gasteiger partial charge >= 0.3 is 0 Å². The minimum absolute atomic E-state index is 0.0509. The molecule has 0 amide bonds. The molecular formula is C7H6Cl2F2.